The molecule has 1 aromatic carbocycles. The molecule has 1 aromatic heterocycles. The second-order valence-electron chi connectivity index (χ2n) is 6.77. The number of nitrogens with zero attached hydrogens (tertiary/aromatic N) is 2. The van der Waals surface area contributed by atoms with E-state index in [2.05, 4.69) is 14.9 Å². The monoisotopic (exact) mass is 377 g/mol. The van der Waals surface area contributed by atoms with Crippen molar-refractivity contribution >= 4 is 11.6 Å². The number of fused-ring (bicyclic) bond motifs is 1. The second-order valence-corrected chi connectivity index (χ2v) is 7.14. The van der Waals surface area contributed by atoms with Crippen LogP contribution in [0.3, 0.4) is 0 Å². The van der Waals surface area contributed by atoms with Gasteiger partial charge in [0.1, 0.15) is 5.82 Å². The first-order valence-electron chi connectivity index (χ1n) is 8.68. The van der Waals surface area contributed by atoms with Crippen LogP contribution in [-0.4, -0.2) is 35.6 Å². The Morgan fingerprint density at radius 1 is 1.31 bits per heavy atom. The van der Waals surface area contributed by atoms with E-state index in [9.17, 15) is 4.79 Å². The number of benzene rings is 1. The molecule has 1 N–H and O–H groups in total. The number of aromatic amines is 1. The molecule has 2 heterocycles. The van der Waals surface area contributed by atoms with Crippen molar-refractivity contribution in [2.75, 3.05) is 20.8 Å². The van der Waals surface area contributed by atoms with Gasteiger partial charge in [-0.25, -0.2) is 4.98 Å². The van der Waals surface area contributed by atoms with Crippen molar-refractivity contribution in [2.24, 2.45) is 0 Å². The SMILES string of the molecule is COc1ccc(CN2CCc3c(nc(C(C)C)[nH]c3=O)C2)c(Cl)c1OC. The van der Waals surface area contributed by atoms with Gasteiger partial charge in [-0.2, -0.15) is 0 Å². The fraction of sp³-hybridized carbons (Fsp3) is 0.474. The standard InChI is InChI=1S/C19H24ClN3O3/c1-11(2)18-21-14-10-23(8-7-13(14)19(24)22-18)9-12-5-6-15(25-3)17(26-4)16(12)20/h5-6,11H,7-10H2,1-4H3,(H,21,22,24). The van der Waals surface area contributed by atoms with Gasteiger partial charge in [0.15, 0.2) is 11.5 Å². The molecule has 0 unspecified atom stereocenters. The first kappa shape index (κ1) is 18.7. The van der Waals surface area contributed by atoms with Crippen LogP contribution in [0.1, 0.15) is 42.4 Å². The zero-order valence-electron chi connectivity index (χ0n) is 15.6. The third-order valence-corrected chi connectivity index (χ3v) is 5.09. The summed E-state index contributed by atoms with van der Waals surface area (Å²) < 4.78 is 10.7. The number of rotatable bonds is 5. The summed E-state index contributed by atoms with van der Waals surface area (Å²) >= 11 is 6.50. The van der Waals surface area contributed by atoms with Crippen molar-refractivity contribution in [3.05, 3.63) is 50.2 Å². The number of halogens is 1. The minimum absolute atomic E-state index is 0.0116. The zero-order valence-corrected chi connectivity index (χ0v) is 16.3. The van der Waals surface area contributed by atoms with Crippen molar-refractivity contribution < 1.29 is 9.47 Å². The Morgan fingerprint density at radius 3 is 2.73 bits per heavy atom. The minimum atomic E-state index is -0.0116. The van der Waals surface area contributed by atoms with E-state index in [4.69, 9.17) is 21.1 Å². The molecular weight excluding hydrogens is 354 g/mol. The van der Waals surface area contributed by atoms with Gasteiger partial charge in [0.2, 0.25) is 0 Å². The summed E-state index contributed by atoms with van der Waals surface area (Å²) in [6, 6.07) is 3.81. The van der Waals surface area contributed by atoms with E-state index in [0.29, 0.717) is 36.0 Å². The average Bonchev–Trinajstić information content (AvgIpc) is 2.62. The van der Waals surface area contributed by atoms with Gasteiger partial charge in [-0.1, -0.05) is 31.5 Å². The van der Waals surface area contributed by atoms with Crippen LogP contribution in [0, 0.1) is 0 Å². The Hall–Kier alpha value is -2.05. The molecule has 0 saturated heterocycles. The molecule has 0 saturated carbocycles. The highest BCUT2D eigenvalue weighted by Crippen LogP contribution is 2.38. The van der Waals surface area contributed by atoms with Crippen LogP contribution in [-0.2, 0) is 19.5 Å². The Morgan fingerprint density at radius 2 is 2.08 bits per heavy atom. The van der Waals surface area contributed by atoms with E-state index in [1.165, 1.54) is 0 Å². The summed E-state index contributed by atoms with van der Waals surface area (Å²) in [5.41, 5.74) is 2.61. The van der Waals surface area contributed by atoms with E-state index in [1.54, 1.807) is 14.2 Å². The van der Waals surface area contributed by atoms with Crippen LogP contribution < -0.4 is 15.0 Å². The summed E-state index contributed by atoms with van der Waals surface area (Å²) in [6.45, 7) is 6.11. The average molecular weight is 378 g/mol. The summed E-state index contributed by atoms with van der Waals surface area (Å²) in [4.78, 5) is 22.1. The number of methoxy groups -OCH3 is 2. The maximum Gasteiger partial charge on any atom is 0.254 e. The van der Waals surface area contributed by atoms with Gasteiger partial charge < -0.3 is 14.5 Å². The number of H-pyrrole nitrogens is 1. The van der Waals surface area contributed by atoms with Gasteiger partial charge in [-0.3, -0.25) is 9.69 Å². The lowest BCUT2D eigenvalue weighted by atomic mass is 10.0. The van der Waals surface area contributed by atoms with Crippen molar-refractivity contribution in [1.29, 1.82) is 0 Å². The van der Waals surface area contributed by atoms with Gasteiger partial charge in [-0.05, 0) is 18.1 Å². The summed E-state index contributed by atoms with van der Waals surface area (Å²) in [5.74, 6) is 2.07. The topological polar surface area (TPSA) is 67.5 Å². The number of hydrogen-bond acceptors (Lipinski definition) is 5. The van der Waals surface area contributed by atoms with E-state index < -0.39 is 0 Å². The molecule has 3 rings (SSSR count). The molecule has 0 spiro atoms. The largest absolute Gasteiger partial charge is 0.493 e. The van der Waals surface area contributed by atoms with Crippen molar-refractivity contribution in [1.82, 2.24) is 14.9 Å². The Labute approximate surface area is 158 Å². The highest BCUT2D eigenvalue weighted by atomic mass is 35.5. The normalized spacial score (nSPS) is 14.4. The van der Waals surface area contributed by atoms with E-state index in [-0.39, 0.29) is 11.5 Å². The predicted molar refractivity (Wildman–Crippen MR) is 101 cm³/mol. The quantitative estimate of drug-likeness (QED) is 0.867. The molecule has 0 radical (unpaired) electrons. The van der Waals surface area contributed by atoms with Crippen LogP contribution >= 0.6 is 11.6 Å². The molecule has 2 aromatic rings. The number of hydrogen-bond donors (Lipinski definition) is 1. The Bertz CT molecular complexity index is 864. The molecule has 6 nitrogen and oxygen atoms in total. The van der Waals surface area contributed by atoms with E-state index >= 15 is 0 Å². The lowest BCUT2D eigenvalue weighted by Gasteiger charge is -2.28. The van der Waals surface area contributed by atoms with Crippen LogP contribution in [0.5, 0.6) is 11.5 Å². The highest BCUT2D eigenvalue weighted by Gasteiger charge is 2.23. The highest BCUT2D eigenvalue weighted by molar-refractivity contribution is 6.33. The van der Waals surface area contributed by atoms with Gasteiger partial charge in [-0.15, -0.1) is 0 Å². The molecule has 140 valence electrons. The maximum absolute atomic E-state index is 12.3. The summed E-state index contributed by atoms with van der Waals surface area (Å²) in [5, 5.41) is 0.555. The lowest BCUT2D eigenvalue weighted by Crippen LogP contribution is -2.35. The molecule has 0 atom stereocenters. The van der Waals surface area contributed by atoms with Gasteiger partial charge in [0, 0.05) is 31.1 Å². The molecule has 0 amide bonds. The first-order valence-corrected chi connectivity index (χ1v) is 9.06. The molecular formula is C19H24ClN3O3. The van der Waals surface area contributed by atoms with E-state index in [0.717, 1.165) is 29.2 Å². The number of ether oxygens (including phenoxy) is 2. The molecule has 0 aliphatic carbocycles. The smallest absolute Gasteiger partial charge is 0.254 e. The molecule has 0 bridgehead atoms. The molecule has 1 aliphatic rings. The Balaban J connectivity index is 1.85. The molecule has 26 heavy (non-hydrogen) atoms. The fourth-order valence-electron chi connectivity index (χ4n) is 3.21. The zero-order chi connectivity index (χ0) is 18.8. The molecule has 0 fully saturated rings. The Kier molecular flexibility index (Phi) is 5.53. The summed E-state index contributed by atoms with van der Waals surface area (Å²) in [6.07, 6.45) is 0.681. The predicted octanol–water partition coefficient (Wildman–Crippen LogP) is 3.12. The van der Waals surface area contributed by atoms with Gasteiger partial charge in [0.05, 0.1) is 24.9 Å². The maximum atomic E-state index is 12.3. The van der Waals surface area contributed by atoms with E-state index in [1.807, 2.05) is 26.0 Å². The van der Waals surface area contributed by atoms with Crippen LogP contribution in [0.4, 0.5) is 0 Å². The number of nitrogens with one attached hydrogen (secondary N) is 1. The van der Waals surface area contributed by atoms with Crippen molar-refractivity contribution in [3.8, 4) is 11.5 Å². The fourth-order valence-corrected chi connectivity index (χ4v) is 3.51. The number of aromatic nitrogens is 2. The van der Waals surface area contributed by atoms with Crippen LogP contribution in [0.15, 0.2) is 16.9 Å². The third-order valence-electron chi connectivity index (χ3n) is 4.68. The van der Waals surface area contributed by atoms with Crippen LogP contribution in [0.25, 0.3) is 0 Å². The second kappa shape index (κ2) is 7.68. The molecule has 7 heteroatoms. The molecule has 1 aliphatic heterocycles. The first-order chi connectivity index (χ1) is 12.4. The van der Waals surface area contributed by atoms with Crippen molar-refractivity contribution in [3.63, 3.8) is 0 Å². The lowest BCUT2D eigenvalue weighted by molar-refractivity contribution is 0.239. The van der Waals surface area contributed by atoms with Crippen LogP contribution in [0.2, 0.25) is 5.02 Å². The van der Waals surface area contributed by atoms with Crippen molar-refractivity contribution in [2.45, 2.75) is 39.3 Å². The van der Waals surface area contributed by atoms with Gasteiger partial charge >= 0.3 is 0 Å². The minimum Gasteiger partial charge on any atom is -0.493 e. The third kappa shape index (κ3) is 3.57. The van der Waals surface area contributed by atoms with Gasteiger partial charge in [0.25, 0.3) is 5.56 Å². The summed E-state index contributed by atoms with van der Waals surface area (Å²) in [7, 11) is 3.17.